The lowest BCUT2D eigenvalue weighted by Crippen LogP contribution is -1.95. The van der Waals surface area contributed by atoms with Gasteiger partial charge in [-0.2, -0.15) is 0 Å². The lowest BCUT2D eigenvalue weighted by Gasteiger charge is -2.07. The molecule has 0 aliphatic carbocycles. The molecule has 0 aliphatic rings. The van der Waals surface area contributed by atoms with Crippen molar-refractivity contribution < 1.29 is 4.92 Å². The quantitative estimate of drug-likeness (QED) is 0.426. The fourth-order valence-electron chi connectivity index (χ4n) is 1.51. The van der Waals surface area contributed by atoms with Gasteiger partial charge in [0.05, 0.1) is 20.7 Å². The van der Waals surface area contributed by atoms with Crippen molar-refractivity contribution in [2.75, 3.05) is 0 Å². The Labute approximate surface area is 128 Å². The summed E-state index contributed by atoms with van der Waals surface area (Å²) >= 11 is 23.6. The monoisotopic (exact) mass is 336 g/mol. The summed E-state index contributed by atoms with van der Waals surface area (Å²) < 4.78 is 0. The predicted octanol–water partition coefficient (Wildman–Crippen LogP) is 5.27. The number of hydrogen-bond acceptors (Lipinski definition) is 3. The standard InChI is InChI=1S/C11H4Cl4N2O2/c12-5-2-1-3-6(13)9(5)8-4-7(14)10(17(18)19)11(15)16-8/h1-4H. The molecule has 0 radical (unpaired) electrons. The van der Waals surface area contributed by atoms with Gasteiger partial charge in [-0.05, 0) is 18.2 Å². The van der Waals surface area contributed by atoms with E-state index in [1.165, 1.54) is 6.07 Å². The van der Waals surface area contributed by atoms with E-state index < -0.39 is 10.6 Å². The maximum Gasteiger partial charge on any atom is 0.324 e. The fourth-order valence-corrected chi connectivity index (χ4v) is 2.67. The second-order valence-electron chi connectivity index (χ2n) is 3.48. The summed E-state index contributed by atoms with van der Waals surface area (Å²) in [5, 5.41) is 11.0. The van der Waals surface area contributed by atoms with E-state index >= 15 is 0 Å². The Bertz CT molecular complexity index is 632. The molecular weight excluding hydrogens is 334 g/mol. The molecule has 0 amide bonds. The van der Waals surface area contributed by atoms with Crippen molar-refractivity contribution in [1.29, 1.82) is 0 Å². The Morgan fingerprint density at radius 3 is 2.11 bits per heavy atom. The van der Waals surface area contributed by atoms with Gasteiger partial charge in [0.2, 0.25) is 5.15 Å². The highest BCUT2D eigenvalue weighted by Gasteiger charge is 2.22. The van der Waals surface area contributed by atoms with E-state index in [0.29, 0.717) is 15.6 Å². The van der Waals surface area contributed by atoms with Gasteiger partial charge in [-0.1, -0.05) is 52.5 Å². The van der Waals surface area contributed by atoms with Crippen molar-refractivity contribution in [1.82, 2.24) is 4.98 Å². The summed E-state index contributed by atoms with van der Waals surface area (Å²) in [5.74, 6) is 0. The van der Waals surface area contributed by atoms with Crippen LogP contribution in [0.4, 0.5) is 5.69 Å². The zero-order valence-electron chi connectivity index (χ0n) is 9.03. The van der Waals surface area contributed by atoms with Crippen molar-refractivity contribution in [2.45, 2.75) is 0 Å². The first-order chi connectivity index (χ1) is 8.91. The van der Waals surface area contributed by atoms with E-state index in [1.807, 2.05) is 0 Å². The molecule has 1 aromatic heterocycles. The lowest BCUT2D eigenvalue weighted by atomic mass is 10.1. The van der Waals surface area contributed by atoms with Gasteiger partial charge in [-0.25, -0.2) is 4.98 Å². The molecule has 0 aliphatic heterocycles. The zero-order valence-corrected chi connectivity index (χ0v) is 12.1. The van der Waals surface area contributed by atoms with Gasteiger partial charge in [0, 0.05) is 5.56 Å². The smallest absolute Gasteiger partial charge is 0.258 e. The second kappa shape index (κ2) is 5.51. The maximum atomic E-state index is 10.8. The van der Waals surface area contributed by atoms with Crippen LogP contribution in [0.3, 0.4) is 0 Å². The molecule has 2 aromatic rings. The molecule has 0 fully saturated rings. The second-order valence-corrected chi connectivity index (χ2v) is 5.06. The molecule has 8 heteroatoms. The van der Waals surface area contributed by atoms with Crippen LogP contribution < -0.4 is 0 Å². The predicted molar refractivity (Wildman–Crippen MR) is 76.4 cm³/mol. The summed E-state index contributed by atoms with van der Waals surface area (Å²) in [5.41, 5.74) is 0.246. The Morgan fingerprint density at radius 2 is 1.63 bits per heavy atom. The first-order valence-corrected chi connectivity index (χ1v) is 6.38. The van der Waals surface area contributed by atoms with Crippen molar-refractivity contribution in [3.05, 3.63) is 54.6 Å². The third kappa shape index (κ3) is 2.77. The molecule has 0 N–H and O–H groups in total. The first-order valence-electron chi connectivity index (χ1n) is 4.86. The molecule has 98 valence electrons. The van der Waals surface area contributed by atoms with Gasteiger partial charge in [0.1, 0.15) is 5.02 Å². The van der Waals surface area contributed by atoms with Gasteiger partial charge in [-0.3, -0.25) is 10.1 Å². The fraction of sp³-hybridized carbons (Fsp3) is 0. The molecular formula is C11H4Cl4N2O2. The molecule has 0 bridgehead atoms. The van der Waals surface area contributed by atoms with Crippen LogP contribution in [0.2, 0.25) is 20.2 Å². The summed E-state index contributed by atoms with van der Waals surface area (Å²) in [4.78, 5) is 14.0. The third-order valence-corrected chi connectivity index (χ3v) is 3.49. The third-order valence-electron chi connectivity index (χ3n) is 2.31. The Kier molecular flexibility index (Phi) is 4.16. The van der Waals surface area contributed by atoms with E-state index in [-0.39, 0.29) is 15.9 Å². The van der Waals surface area contributed by atoms with Crippen LogP contribution in [0.1, 0.15) is 0 Å². The highest BCUT2D eigenvalue weighted by atomic mass is 35.5. The molecule has 19 heavy (non-hydrogen) atoms. The normalized spacial score (nSPS) is 10.5. The summed E-state index contributed by atoms with van der Waals surface area (Å²) in [6, 6.07) is 6.21. The van der Waals surface area contributed by atoms with Crippen LogP contribution in [0.15, 0.2) is 24.3 Å². The minimum atomic E-state index is -0.699. The van der Waals surface area contributed by atoms with Gasteiger partial charge in [0.25, 0.3) is 0 Å². The van der Waals surface area contributed by atoms with Crippen LogP contribution in [0.5, 0.6) is 0 Å². The number of aromatic nitrogens is 1. The van der Waals surface area contributed by atoms with Crippen molar-refractivity contribution >= 4 is 52.1 Å². The highest BCUT2D eigenvalue weighted by Crippen LogP contribution is 2.39. The van der Waals surface area contributed by atoms with Gasteiger partial charge >= 0.3 is 5.69 Å². The molecule has 2 rings (SSSR count). The van der Waals surface area contributed by atoms with Crippen molar-refractivity contribution in [3.63, 3.8) is 0 Å². The lowest BCUT2D eigenvalue weighted by molar-refractivity contribution is -0.384. The van der Waals surface area contributed by atoms with E-state index in [4.69, 9.17) is 46.4 Å². The van der Waals surface area contributed by atoms with Crippen molar-refractivity contribution in [2.24, 2.45) is 0 Å². The van der Waals surface area contributed by atoms with E-state index in [0.717, 1.165) is 0 Å². The molecule has 0 saturated heterocycles. The SMILES string of the molecule is O=[N+]([O-])c1c(Cl)cc(-c2c(Cl)cccc2Cl)nc1Cl. The minimum absolute atomic E-state index is 0.129. The largest absolute Gasteiger partial charge is 0.324 e. The zero-order chi connectivity index (χ0) is 14.2. The van der Waals surface area contributed by atoms with Crippen LogP contribution in [0.25, 0.3) is 11.3 Å². The Morgan fingerprint density at radius 1 is 1.05 bits per heavy atom. The van der Waals surface area contributed by atoms with Gasteiger partial charge in [-0.15, -0.1) is 0 Å². The number of benzene rings is 1. The van der Waals surface area contributed by atoms with Gasteiger partial charge < -0.3 is 0 Å². The molecule has 1 heterocycles. The van der Waals surface area contributed by atoms with Crippen LogP contribution in [-0.4, -0.2) is 9.91 Å². The van der Waals surface area contributed by atoms with Gasteiger partial charge in [0.15, 0.2) is 0 Å². The average molecular weight is 338 g/mol. The number of nitro groups is 1. The first kappa shape index (κ1) is 14.3. The molecule has 4 nitrogen and oxygen atoms in total. The molecule has 1 aromatic carbocycles. The van der Waals surface area contributed by atoms with E-state index in [1.54, 1.807) is 18.2 Å². The minimum Gasteiger partial charge on any atom is -0.258 e. The number of hydrogen-bond donors (Lipinski definition) is 0. The van der Waals surface area contributed by atoms with Crippen LogP contribution >= 0.6 is 46.4 Å². The van der Waals surface area contributed by atoms with Crippen LogP contribution in [0, 0.1) is 10.1 Å². The molecule has 0 spiro atoms. The Hall–Kier alpha value is -1.07. The molecule has 0 atom stereocenters. The highest BCUT2D eigenvalue weighted by molar-refractivity contribution is 6.40. The maximum absolute atomic E-state index is 10.8. The number of rotatable bonds is 2. The number of halogens is 4. The summed E-state index contributed by atoms with van der Waals surface area (Å²) in [7, 11) is 0. The van der Waals surface area contributed by atoms with E-state index in [9.17, 15) is 10.1 Å². The molecule has 0 saturated carbocycles. The average Bonchev–Trinajstić information content (AvgIpc) is 2.26. The van der Waals surface area contributed by atoms with Crippen LogP contribution in [-0.2, 0) is 0 Å². The summed E-state index contributed by atoms with van der Waals surface area (Å²) in [6.07, 6.45) is 0. The topological polar surface area (TPSA) is 56.0 Å². The summed E-state index contributed by atoms with van der Waals surface area (Å²) in [6.45, 7) is 0. The number of nitrogens with zero attached hydrogens (tertiary/aromatic N) is 2. The number of pyridine rings is 1. The Balaban J connectivity index is 2.69. The van der Waals surface area contributed by atoms with Crippen molar-refractivity contribution in [3.8, 4) is 11.3 Å². The van der Waals surface area contributed by atoms with E-state index in [2.05, 4.69) is 4.98 Å². The molecule has 0 unspecified atom stereocenters.